The first-order valence-corrected chi connectivity index (χ1v) is 8.08. The van der Waals surface area contributed by atoms with Gasteiger partial charge in [-0.2, -0.15) is 0 Å². The van der Waals surface area contributed by atoms with Gasteiger partial charge in [0.05, 0.1) is 40.6 Å². The van der Waals surface area contributed by atoms with Crippen molar-refractivity contribution in [2.45, 2.75) is 13.1 Å². The minimum Gasteiger partial charge on any atom is -0.467 e. The van der Waals surface area contributed by atoms with E-state index in [-0.39, 0.29) is 35.3 Å². The Balaban J connectivity index is 1.90. The number of amides is 1. The molecule has 132 valence electrons. The summed E-state index contributed by atoms with van der Waals surface area (Å²) in [6, 6.07) is 12.7. The number of nitrogens with zero attached hydrogens (tertiary/aromatic N) is 3. The summed E-state index contributed by atoms with van der Waals surface area (Å²) >= 11 is 6.11. The normalized spacial score (nSPS) is 10.5. The molecule has 3 rings (SSSR count). The number of carbonyl (C=O) groups is 1. The minimum atomic E-state index is -0.561. The quantitative estimate of drug-likeness (QED) is 0.481. The van der Waals surface area contributed by atoms with Gasteiger partial charge in [-0.05, 0) is 30.3 Å². The lowest BCUT2D eigenvalue weighted by molar-refractivity contribution is -0.384. The fourth-order valence-electron chi connectivity index (χ4n) is 2.44. The molecule has 0 aliphatic carbocycles. The Morgan fingerprint density at radius 2 is 2.04 bits per heavy atom. The van der Waals surface area contributed by atoms with E-state index in [1.165, 1.54) is 29.4 Å². The molecule has 0 aliphatic rings. The van der Waals surface area contributed by atoms with Gasteiger partial charge in [0, 0.05) is 18.3 Å². The zero-order valence-electron chi connectivity index (χ0n) is 13.5. The Morgan fingerprint density at radius 1 is 1.19 bits per heavy atom. The van der Waals surface area contributed by atoms with E-state index < -0.39 is 4.92 Å². The van der Waals surface area contributed by atoms with Gasteiger partial charge < -0.3 is 9.32 Å². The summed E-state index contributed by atoms with van der Waals surface area (Å²) in [5, 5.41) is 10.9. The Bertz CT molecular complexity index is 913. The van der Waals surface area contributed by atoms with Crippen LogP contribution in [0.15, 0.2) is 65.4 Å². The van der Waals surface area contributed by atoms with Crippen molar-refractivity contribution in [1.82, 2.24) is 9.88 Å². The molecular formula is C18H14ClN3O4. The molecule has 0 spiro atoms. The molecule has 0 saturated carbocycles. The van der Waals surface area contributed by atoms with Gasteiger partial charge in [0.1, 0.15) is 5.76 Å². The SMILES string of the molecule is O=C(c1ccc([N+](=O)[O-])cc1Cl)N(Cc1ccccn1)Cc1ccco1. The van der Waals surface area contributed by atoms with Crippen LogP contribution in [0, 0.1) is 10.1 Å². The lowest BCUT2D eigenvalue weighted by Crippen LogP contribution is -2.30. The van der Waals surface area contributed by atoms with Crippen LogP contribution in [0.1, 0.15) is 21.8 Å². The number of hydrogen-bond donors (Lipinski definition) is 0. The van der Waals surface area contributed by atoms with Crippen molar-refractivity contribution in [3.05, 3.63) is 93.1 Å². The number of benzene rings is 1. The second-order valence-corrected chi connectivity index (χ2v) is 5.89. The summed E-state index contributed by atoms with van der Waals surface area (Å²) in [6.45, 7) is 0.462. The predicted molar refractivity (Wildman–Crippen MR) is 94.6 cm³/mol. The molecule has 0 unspecified atom stereocenters. The molecule has 3 aromatic rings. The lowest BCUT2D eigenvalue weighted by atomic mass is 10.1. The van der Waals surface area contributed by atoms with Crippen molar-refractivity contribution >= 4 is 23.2 Å². The van der Waals surface area contributed by atoms with E-state index >= 15 is 0 Å². The third kappa shape index (κ3) is 4.07. The van der Waals surface area contributed by atoms with Crippen LogP contribution in [0.5, 0.6) is 0 Å². The maximum Gasteiger partial charge on any atom is 0.270 e. The van der Waals surface area contributed by atoms with Gasteiger partial charge in [0.25, 0.3) is 11.6 Å². The maximum atomic E-state index is 13.0. The maximum absolute atomic E-state index is 13.0. The number of aromatic nitrogens is 1. The van der Waals surface area contributed by atoms with Crippen molar-refractivity contribution in [3.63, 3.8) is 0 Å². The minimum absolute atomic E-state index is 0.0228. The van der Waals surface area contributed by atoms with Crippen molar-refractivity contribution in [2.75, 3.05) is 0 Å². The average Bonchev–Trinajstić information content (AvgIpc) is 3.14. The number of nitro benzene ring substituents is 1. The Hall–Kier alpha value is -3.19. The van der Waals surface area contributed by atoms with Gasteiger partial charge in [0.2, 0.25) is 0 Å². The molecular weight excluding hydrogens is 358 g/mol. The average molecular weight is 372 g/mol. The summed E-state index contributed by atoms with van der Waals surface area (Å²) < 4.78 is 5.33. The van der Waals surface area contributed by atoms with Crippen molar-refractivity contribution in [2.24, 2.45) is 0 Å². The van der Waals surface area contributed by atoms with Gasteiger partial charge in [-0.15, -0.1) is 0 Å². The molecule has 1 aromatic carbocycles. The molecule has 0 fully saturated rings. The smallest absolute Gasteiger partial charge is 0.270 e. The Labute approximate surface area is 154 Å². The number of halogens is 1. The van der Waals surface area contributed by atoms with E-state index in [2.05, 4.69) is 4.98 Å². The third-order valence-electron chi connectivity index (χ3n) is 3.69. The summed E-state index contributed by atoms with van der Waals surface area (Å²) in [5.41, 5.74) is 0.707. The largest absolute Gasteiger partial charge is 0.467 e. The predicted octanol–water partition coefficient (Wildman–Crippen LogP) is 4.08. The lowest BCUT2D eigenvalue weighted by Gasteiger charge is -2.22. The van der Waals surface area contributed by atoms with E-state index in [0.29, 0.717) is 11.5 Å². The molecule has 8 heteroatoms. The molecule has 0 bridgehead atoms. The van der Waals surface area contributed by atoms with Crippen LogP contribution in [-0.2, 0) is 13.1 Å². The van der Waals surface area contributed by atoms with Gasteiger partial charge in [0.15, 0.2) is 0 Å². The molecule has 0 radical (unpaired) electrons. The fourth-order valence-corrected chi connectivity index (χ4v) is 2.69. The Morgan fingerprint density at radius 3 is 2.65 bits per heavy atom. The highest BCUT2D eigenvalue weighted by Gasteiger charge is 2.22. The fraction of sp³-hybridized carbons (Fsp3) is 0.111. The summed E-state index contributed by atoms with van der Waals surface area (Å²) in [5.74, 6) is 0.235. The van der Waals surface area contributed by atoms with Crippen LogP contribution < -0.4 is 0 Å². The van der Waals surface area contributed by atoms with Crippen molar-refractivity contribution < 1.29 is 14.1 Å². The molecule has 0 N–H and O–H groups in total. The molecule has 2 heterocycles. The van der Waals surface area contributed by atoms with E-state index in [0.717, 1.165) is 0 Å². The molecule has 26 heavy (non-hydrogen) atoms. The van der Waals surface area contributed by atoms with E-state index in [4.69, 9.17) is 16.0 Å². The monoisotopic (exact) mass is 371 g/mol. The summed E-state index contributed by atoms with van der Waals surface area (Å²) in [7, 11) is 0. The zero-order valence-corrected chi connectivity index (χ0v) is 14.3. The highest BCUT2D eigenvalue weighted by atomic mass is 35.5. The topological polar surface area (TPSA) is 89.5 Å². The van der Waals surface area contributed by atoms with Gasteiger partial charge in [-0.3, -0.25) is 19.9 Å². The first-order chi connectivity index (χ1) is 12.5. The summed E-state index contributed by atoms with van der Waals surface area (Å²) in [4.78, 5) is 29.0. The van der Waals surface area contributed by atoms with Crippen LogP contribution in [0.25, 0.3) is 0 Å². The highest BCUT2D eigenvalue weighted by molar-refractivity contribution is 6.34. The van der Waals surface area contributed by atoms with Crippen molar-refractivity contribution in [1.29, 1.82) is 0 Å². The van der Waals surface area contributed by atoms with E-state index in [1.807, 2.05) is 6.07 Å². The summed E-state index contributed by atoms with van der Waals surface area (Å²) in [6.07, 6.45) is 3.17. The third-order valence-corrected chi connectivity index (χ3v) is 4.00. The van der Waals surface area contributed by atoms with Gasteiger partial charge in [-0.1, -0.05) is 17.7 Å². The number of hydrogen-bond acceptors (Lipinski definition) is 5. The van der Waals surface area contributed by atoms with Gasteiger partial charge in [-0.25, -0.2) is 0 Å². The van der Waals surface area contributed by atoms with Gasteiger partial charge >= 0.3 is 0 Å². The first-order valence-electron chi connectivity index (χ1n) is 7.70. The molecule has 0 atom stereocenters. The number of carbonyl (C=O) groups excluding carboxylic acids is 1. The molecule has 7 nitrogen and oxygen atoms in total. The molecule has 0 saturated heterocycles. The standard InChI is InChI=1S/C18H14ClN3O4/c19-17-10-14(22(24)25)6-7-16(17)18(23)21(12-15-5-3-9-26-15)11-13-4-1-2-8-20-13/h1-10H,11-12H2. The number of furan rings is 1. The second kappa shape index (κ2) is 7.79. The number of pyridine rings is 1. The van der Waals surface area contributed by atoms with E-state index in [9.17, 15) is 14.9 Å². The number of non-ortho nitro benzene ring substituents is 1. The van der Waals surface area contributed by atoms with Crippen molar-refractivity contribution in [3.8, 4) is 0 Å². The highest BCUT2D eigenvalue weighted by Crippen LogP contribution is 2.25. The Kier molecular flexibility index (Phi) is 5.28. The van der Waals surface area contributed by atoms with Crippen LogP contribution in [0.4, 0.5) is 5.69 Å². The zero-order chi connectivity index (χ0) is 18.5. The number of nitro groups is 1. The van der Waals surface area contributed by atoms with Crippen LogP contribution in [0.2, 0.25) is 5.02 Å². The van der Waals surface area contributed by atoms with E-state index in [1.54, 1.807) is 30.5 Å². The van der Waals surface area contributed by atoms with Crippen LogP contribution in [0.3, 0.4) is 0 Å². The van der Waals surface area contributed by atoms with Crippen LogP contribution >= 0.6 is 11.6 Å². The number of rotatable bonds is 6. The second-order valence-electron chi connectivity index (χ2n) is 5.48. The van der Waals surface area contributed by atoms with Crippen LogP contribution in [-0.4, -0.2) is 20.7 Å². The first kappa shape index (κ1) is 17.6. The molecule has 0 aliphatic heterocycles. The molecule has 1 amide bonds. The molecule has 2 aromatic heterocycles.